The van der Waals surface area contributed by atoms with E-state index < -0.39 is 0 Å². The number of amides is 1. The van der Waals surface area contributed by atoms with E-state index in [9.17, 15) is 9.59 Å². The number of rotatable bonds is 4. The zero-order chi connectivity index (χ0) is 19.0. The van der Waals surface area contributed by atoms with E-state index in [2.05, 4.69) is 10.3 Å². The van der Waals surface area contributed by atoms with Crippen LogP contribution in [0.3, 0.4) is 0 Å². The molecule has 0 aliphatic heterocycles. The number of carbonyl (C=O) groups excluding carboxylic acids is 1. The molecular weight excluding hydrogens is 362 g/mol. The topological polar surface area (TPSA) is 73.2 Å². The number of thiophene rings is 1. The van der Waals surface area contributed by atoms with Gasteiger partial charge in [-0.25, -0.2) is 4.98 Å². The minimum Gasteiger partial charge on any atom is -0.497 e. The summed E-state index contributed by atoms with van der Waals surface area (Å²) in [5.74, 6) is 0.398. The molecule has 0 radical (unpaired) electrons. The van der Waals surface area contributed by atoms with Gasteiger partial charge in [0.2, 0.25) is 0 Å². The number of aryl methyl sites for hydroxylation is 1. The van der Waals surface area contributed by atoms with Crippen LogP contribution in [0.1, 0.15) is 47.0 Å². The Balaban J connectivity index is 1.71. The molecule has 0 bridgehead atoms. The molecule has 1 aliphatic carbocycles. The molecule has 0 atom stereocenters. The van der Waals surface area contributed by atoms with Crippen molar-refractivity contribution in [2.24, 2.45) is 0 Å². The number of nitrogens with zero attached hydrogens (tertiary/aromatic N) is 2. The summed E-state index contributed by atoms with van der Waals surface area (Å²) >= 11 is 1.34. The molecule has 3 aromatic rings. The summed E-state index contributed by atoms with van der Waals surface area (Å²) in [6, 6.07) is 7.40. The first-order chi connectivity index (χ1) is 13.1. The Kier molecular flexibility index (Phi) is 4.70. The van der Waals surface area contributed by atoms with Crippen LogP contribution in [0, 0.1) is 6.92 Å². The molecule has 4 rings (SSSR count). The third-order valence-electron chi connectivity index (χ3n) is 5.07. The van der Waals surface area contributed by atoms with Gasteiger partial charge >= 0.3 is 0 Å². The summed E-state index contributed by atoms with van der Waals surface area (Å²) in [6.45, 7) is 1.85. The largest absolute Gasteiger partial charge is 0.497 e. The number of methoxy groups -OCH3 is 1. The van der Waals surface area contributed by atoms with Crippen LogP contribution in [0.5, 0.6) is 5.75 Å². The highest BCUT2D eigenvalue weighted by Gasteiger charge is 2.24. The molecule has 6 nitrogen and oxygen atoms in total. The molecule has 1 N–H and O–H groups in total. The Morgan fingerprint density at radius 2 is 2.11 bits per heavy atom. The number of nitrogens with one attached hydrogen (secondary N) is 1. The number of fused-ring (bicyclic) bond motifs is 1. The van der Waals surface area contributed by atoms with E-state index in [4.69, 9.17) is 4.74 Å². The number of hydrogen-bond donors (Lipinski definition) is 1. The lowest BCUT2D eigenvalue weighted by atomic mass is 10.2. The number of aromatic nitrogens is 2. The van der Waals surface area contributed by atoms with Gasteiger partial charge in [0.1, 0.15) is 16.0 Å². The number of carbonyl (C=O) groups is 1. The Bertz CT molecular complexity index is 1060. The highest BCUT2D eigenvalue weighted by Crippen LogP contribution is 2.31. The van der Waals surface area contributed by atoms with Crippen molar-refractivity contribution in [1.29, 1.82) is 0 Å². The van der Waals surface area contributed by atoms with Crippen molar-refractivity contribution >= 4 is 33.1 Å². The third kappa shape index (κ3) is 3.23. The summed E-state index contributed by atoms with van der Waals surface area (Å²) in [4.78, 5) is 31.1. The lowest BCUT2D eigenvalue weighted by molar-refractivity contribution is 0.102. The van der Waals surface area contributed by atoms with Gasteiger partial charge in [-0.2, -0.15) is 0 Å². The van der Waals surface area contributed by atoms with Gasteiger partial charge < -0.3 is 10.1 Å². The molecule has 1 fully saturated rings. The van der Waals surface area contributed by atoms with Gasteiger partial charge in [0.25, 0.3) is 11.5 Å². The van der Waals surface area contributed by atoms with Crippen molar-refractivity contribution in [2.45, 2.75) is 38.6 Å². The van der Waals surface area contributed by atoms with E-state index >= 15 is 0 Å². The van der Waals surface area contributed by atoms with Crippen LogP contribution in [0.4, 0.5) is 5.69 Å². The van der Waals surface area contributed by atoms with Gasteiger partial charge in [-0.15, -0.1) is 11.3 Å². The molecule has 2 aromatic heterocycles. The second kappa shape index (κ2) is 7.15. The van der Waals surface area contributed by atoms with Crippen molar-refractivity contribution in [3.8, 4) is 5.75 Å². The second-order valence-electron chi connectivity index (χ2n) is 6.79. The van der Waals surface area contributed by atoms with Gasteiger partial charge in [0.15, 0.2) is 0 Å². The Morgan fingerprint density at radius 3 is 2.85 bits per heavy atom. The summed E-state index contributed by atoms with van der Waals surface area (Å²) in [5.41, 5.74) is 1.54. The van der Waals surface area contributed by atoms with Gasteiger partial charge in [0, 0.05) is 22.7 Å². The van der Waals surface area contributed by atoms with E-state index in [1.165, 1.54) is 11.3 Å². The molecule has 1 aromatic carbocycles. The molecule has 7 heteroatoms. The number of anilines is 1. The van der Waals surface area contributed by atoms with Gasteiger partial charge in [-0.1, -0.05) is 18.9 Å². The van der Waals surface area contributed by atoms with E-state index in [1.54, 1.807) is 30.1 Å². The lowest BCUT2D eigenvalue weighted by Gasteiger charge is -2.12. The zero-order valence-corrected chi connectivity index (χ0v) is 16.1. The normalized spacial score (nSPS) is 14.6. The SMILES string of the molecule is COc1cccc(NC(=O)c2c(C)sc3c(=O)n(C4CCCC4)cnc23)c1. The molecule has 1 saturated carbocycles. The van der Waals surface area contributed by atoms with Crippen molar-refractivity contribution in [3.63, 3.8) is 0 Å². The smallest absolute Gasteiger partial charge is 0.271 e. The van der Waals surface area contributed by atoms with E-state index in [-0.39, 0.29) is 17.5 Å². The lowest BCUT2D eigenvalue weighted by Crippen LogP contribution is -2.23. The summed E-state index contributed by atoms with van der Waals surface area (Å²) in [7, 11) is 1.58. The van der Waals surface area contributed by atoms with Crippen LogP contribution in [-0.2, 0) is 0 Å². The maximum atomic E-state index is 12.9. The van der Waals surface area contributed by atoms with Crippen LogP contribution >= 0.6 is 11.3 Å². The van der Waals surface area contributed by atoms with Crippen LogP contribution < -0.4 is 15.6 Å². The molecule has 140 valence electrons. The van der Waals surface area contributed by atoms with Crippen molar-refractivity contribution < 1.29 is 9.53 Å². The summed E-state index contributed by atoms with van der Waals surface area (Å²) < 4.78 is 7.49. The first-order valence-electron chi connectivity index (χ1n) is 9.04. The average Bonchev–Trinajstić information content (AvgIpc) is 3.30. The fourth-order valence-corrected chi connectivity index (χ4v) is 4.74. The van der Waals surface area contributed by atoms with E-state index in [1.807, 2.05) is 19.1 Å². The molecule has 0 saturated heterocycles. The highest BCUT2D eigenvalue weighted by atomic mass is 32.1. The van der Waals surface area contributed by atoms with E-state index in [0.29, 0.717) is 27.2 Å². The first-order valence-corrected chi connectivity index (χ1v) is 9.86. The van der Waals surface area contributed by atoms with Crippen LogP contribution in [0.15, 0.2) is 35.4 Å². The minimum atomic E-state index is -0.266. The quantitative estimate of drug-likeness (QED) is 0.735. The molecule has 0 unspecified atom stereocenters. The average molecular weight is 383 g/mol. The monoisotopic (exact) mass is 383 g/mol. The van der Waals surface area contributed by atoms with Crippen molar-refractivity contribution in [1.82, 2.24) is 9.55 Å². The van der Waals surface area contributed by atoms with Crippen molar-refractivity contribution in [2.75, 3.05) is 12.4 Å². The molecule has 0 spiro atoms. The summed E-state index contributed by atoms with van der Waals surface area (Å²) in [6.07, 6.45) is 5.93. The highest BCUT2D eigenvalue weighted by molar-refractivity contribution is 7.19. The van der Waals surface area contributed by atoms with Crippen LogP contribution in [0.25, 0.3) is 10.2 Å². The summed E-state index contributed by atoms with van der Waals surface area (Å²) in [5, 5.41) is 2.88. The second-order valence-corrected chi connectivity index (χ2v) is 8.02. The predicted octanol–water partition coefficient (Wildman–Crippen LogP) is 4.14. The molecule has 27 heavy (non-hydrogen) atoms. The maximum absolute atomic E-state index is 12.9. The molecule has 1 amide bonds. The minimum absolute atomic E-state index is 0.0413. The van der Waals surface area contributed by atoms with Gasteiger partial charge in [-0.3, -0.25) is 14.2 Å². The van der Waals surface area contributed by atoms with Crippen LogP contribution in [-0.4, -0.2) is 22.6 Å². The van der Waals surface area contributed by atoms with Crippen LogP contribution in [0.2, 0.25) is 0 Å². The first kappa shape index (κ1) is 17.7. The molecular formula is C20H21N3O3S. The number of benzene rings is 1. The fourth-order valence-electron chi connectivity index (χ4n) is 3.69. The number of ether oxygens (including phenoxy) is 1. The maximum Gasteiger partial charge on any atom is 0.271 e. The van der Waals surface area contributed by atoms with Crippen molar-refractivity contribution in [3.05, 3.63) is 51.4 Å². The zero-order valence-electron chi connectivity index (χ0n) is 15.3. The number of hydrogen-bond acceptors (Lipinski definition) is 5. The molecule has 2 heterocycles. The Morgan fingerprint density at radius 1 is 1.33 bits per heavy atom. The van der Waals surface area contributed by atoms with E-state index in [0.717, 1.165) is 30.6 Å². The molecule has 1 aliphatic rings. The Labute approximate surface area is 160 Å². The standard InChI is InChI=1S/C20H21N3O3S/c1-12-16(19(24)22-13-6-5-9-15(10-13)26-2)17-18(27-12)20(25)23(11-21-17)14-7-3-4-8-14/h5-6,9-11,14H,3-4,7-8H2,1-2H3,(H,22,24). The Hall–Kier alpha value is -2.67. The predicted molar refractivity (Wildman–Crippen MR) is 107 cm³/mol. The third-order valence-corrected chi connectivity index (χ3v) is 6.15. The fraction of sp³-hybridized carbons (Fsp3) is 0.350. The van der Waals surface area contributed by atoms with Gasteiger partial charge in [0.05, 0.1) is 19.0 Å². The van der Waals surface area contributed by atoms with Gasteiger partial charge in [-0.05, 0) is 31.9 Å².